The summed E-state index contributed by atoms with van der Waals surface area (Å²) in [5, 5.41) is 4.32. The van der Waals surface area contributed by atoms with Crippen LogP contribution in [0.5, 0.6) is 11.6 Å². The summed E-state index contributed by atoms with van der Waals surface area (Å²) in [5.74, 6) is 0.606. The average Bonchev–Trinajstić information content (AvgIpc) is 2.62. The molecule has 0 amide bonds. The van der Waals surface area contributed by atoms with E-state index in [0.29, 0.717) is 23.9 Å². The molecule has 0 unspecified atom stereocenters. The number of hydrogen-bond acceptors (Lipinski definition) is 3. The maximum atomic E-state index is 13.3. The molecular formula is C14H18FN3O. The molecule has 5 heteroatoms. The highest BCUT2D eigenvalue weighted by atomic mass is 19.1. The van der Waals surface area contributed by atoms with Gasteiger partial charge in [0.1, 0.15) is 17.3 Å². The summed E-state index contributed by atoms with van der Waals surface area (Å²) >= 11 is 0. The number of rotatable bonds is 4. The van der Waals surface area contributed by atoms with Crippen LogP contribution in [0.4, 0.5) is 10.1 Å². The van der Waals surface area contributed by atoms with Gasteiger partial charge in [-0.1, -0.05) is 13.0 Å². The van der Waals surface area contributed by atoms with Crippen LogP contribution in [0.15, 0.2) is 18.2 Å². The van der Waals surface area contributed by atoms with Crippen molar-refractivity contribution in [2.45, 2.75) is 33.7 Å². The van der Waals surface area contributed by atoms with Gasteiger partial charge < -0.3 is 10.5 Å². The number of ether oxygens (including phenoxy) is 1. The number of aromatic nitrogens is 2. The molecule has 4 nitrogen and oxygen atoms in total. The molecule has 0 atom stereocenters. The van der Waals surface area contributed by atoms with E-state index in [2.05, 4.69) is 5.10 Å². The zero-order valence-electron chi connectivity index (χ0n) is 11.4. The predicted octanol–water partition coefficient (Wildman–Crippen LogP) is 3.42. The Labute approximate surface area is 112 Å². The molecule has 0 bridgehead atoms. The zero-order valence-corrected chi connectivity index (χ0v) is 11.4. The van der Waals surface area contributed by atoms with Crippen LogP contribution in [0, 0.1) is 19.7 Å². The van der Waals surface area contributed by atoms with Gasteiger partial charge in [0.15, 0.2) is 0 Å². The fourth-order valence-corrected chi connectivity index (χ4v) is 1.83. The molecule has 0 fully saturated rings. The standard InChI is InChI=1S/C14H18FN3O/c1-4-7-18-14(13(16)10(3)17-18)19-12-8-11(15)6-5-9(12)2/h5-6,8H,4,7,16H2,1-3H3. The lowest BCUT2D eigenvalue weighted by molar-refractivity contribution is 0.405. The van der Waals surface area contributed by atoms with E-state index < -0.39 is 0 Å². The monoisotopic (exact) mass is 263 g/mol. The fraction of sp³-hybridized carbons (Fsp3) is 0.357. The Morgan fingerprint density at radius 1 is 1.37 bits per heavy atom. The van der Waals surface area contributed by atoms with Crippen LogP contribution < -0.4 is 10.5 Å². The van der Waals surface area contributed by atoms with E-state index in [1.165, 1.54) is 12.1 Å². The van der Waals surface area contributed by atoms with E-state index in [-0.39, 0.29) is 5.82 Å². The highest BCUT2D eigenvalue weighted by Crippen LogP contribution is 2.32. The number of benzene rings is 1. The van der Waals surface area contributed by atoms with Gasteiger partial charge in [0.2, 0.25) is 5.88 Å². The Bertz CT molecular complexity index is 593. The van der Waals surface area contributed by atoms with E-state index in [1.54, 1.807) is 10.7 Å². The summed E-state index contributed by atoms with van der Waals surface area (Å²) < 4.78 is 20.7. The predicted molar refractivity (Wildman–Crippen MR) is 72.9 cm³/mol. The first kappa shape index (κ1) is 13.4. The molecular weight excluding hydrogens is 245 g/mol. The number of nitrogens with zero attached hydrogens (tertiary/aromatic N) is 2. The summed E-state index contributed by atoms with van der Waals surface area (Å²) in [5.41, 5.74) is 8.03. The van der Waals surface area contributed by atoms with Gasteiger partial charge in [0, 0.05) is 12.6 Å². The van der Waals surface area contributed by atoms with Gasteiger partial charge in [-0.05, 0) is 31.9 Å². The second-order valence-electron chi connectivity index (χ2n) is 4.54. The number of nitrogens with two attached hydrogens (primary N) is 1. The van der Waals surface area contributed by atoms with Gasteiger partial charge in [-0.2, -0.15) is 5.10 Å². The minimum atomic E-state index is -0.336. The van der Waals surface area contributed by atoms with Gasteiger partial charge >= 0.3 is 0 Å². The molecule has 0 saturated carbocycles. The fourth-order valence-electron chi connectivity index (χ4n) is 1.83. The van der Waals surface area contributed by atoms with Crippen molar-refractivity contribution in [3.05, 3.63) is 35.3 Å². The summed E-state index contributed by atoms with van der Waals surface area (Å²) in [6.45, 7) is 6.44. The molecule has 19 heavy (non-hydrogen) atoms. The van der Waals surface area contributed by atoms with Crippen molar-refractivity contribution in [2.75, 3.05) is 5.73 Å². The molecule has 0 aliphatic rings. The Hall–Kier alpha value is -2.04. The molecule has 0 aliphatic heterocycles. The van der Waals surface area contributed by atoms with Crippen LogP contribution in [0.2, 0.25) is 0 Å². The minimum absolute atomic E-state index is 0.336. The van der Waals surface area contributed by atoms with Crippen LogP contribution in [-0.4, -0.2) is 9.78 Å². The van der Waals surface area contributed by atoms with Gasteiger partial charge in [0.25, 0.3) is 0 Å². The van der Waals surface area contributed by atoms with Crippen molar-refractivity contribution in [1.82, 2.24) is 9.78 Å². The summed E-state index contributed by atoms with van der Waals surface area (Å²) in [4.78, 5) is 0. The maximum absolute atomic E-state index is 13.3. The lowest BCUT2D eigenvalue weighted by Gasteiger charge is -2.11. The Morgan fingerprint density at radius 2 is 2.11 bits per heavy atom. The molecule has 1 aromatic heterocycles. The van der Waals surface area contributed by atoms with Crippen molar-refractivity contribution in [1.29, 1.82) is 0 Å². The summed E-state index contributed by atoms with van der Waals surface area (Å²) in [7, 11) is 0. The van der Waals surface area contributed by atoms with E-state index in [9.17, 15) is 4.39 Å². The van der Waals surface area contributed by atoms with E-state index in [4.69, 9.17) is 10.5 Å². The largest absolute Gasteiger partial charge is 0.437 e. The first-order valence-corrected chi connectivity index (χ1v) is 6.29. The van der Waals surface area contributed by atoms with Crippen LogP contribution in [0.25, 0.3) is 0 Å². The average molecular weight is 263 g/mol. The van der Waals surface area contributed by atoms with Crippen molar-refractivity contribution >= 4 is 5.69 Å². The SMILES string of the molecule is CCCn1nc(C)c(N)c1Oc1cc(F)ccc1C. The quantitative estimate of drug-likeness (QED) is 0.919. The molecule has 0 aliphatic carbocycles. The molecule has 2 N–H and O–H groups in total. The Morgan fingerprint density at radius 3 is 2.79 bits per heavy atom. The molecule has 0 radical (unpaired) electrons. The number of hydrogen-bond donors (Lipinski definition) is 1. The third kappa shape index (κ3) is 2.70. The Kier molecular flexibility index (Phi) is 3.74. The normalized spacial score (nSPS) is 10.7. The highest BCUT2D eigenvalue weighted by molar-refractivity contribution is 5.54. The van der Waals surface area contributed by atoms with Gasteiger partial charge in [-0.15, -0.1) is 0 Å². The lowest BCUT2D eigenvalue weighted by Crippen LogP contribution is -2.03. The second-order valence-corrected chi connectivity index (χ2v) is 4.54. The van der Waals surface area contributed by atoms with Crippen molar-refractivity contribution in [3.63, 3.8) is 0 Å². The third-order valence-electron chi connectivity index (χ3n) is 2.92. The first-order chi connectivity index (χ1) is 9.02. The highest BCUT2D eigenvalue weighted by Gasteiger charge is 2.15. The van der Waals surface area contributed by atoms with E-state index in [1.807, 2.05) is 20.8 Å². The van der Waals surface area contributed by atoms with Crippen molar-refractivity contribution < 1.29 is 9.13 Å². The van der Waals surface area contributed by atoms with Gasteiger partial charge in [0.05, 0.1) is 5.69 Å². The van der Waals surface area contributed by atoms with Crippen LogP contribution in [0.3, 0.4) is 0 Å². The molecule has 2 rings (SSSR count). The van der Waals surface area contributed by atoms with Crippen molar-refractivity contribution in [2.24, 2.45) is 0 Å². The topological polar surface area (TPSA) is 53.1 Å². The van der Waals surface area contributed by atoms with E-state index in [0.717, 1.165) is 17.7 Å². The molecule has 102 valence electrons. The van der Waals surface area contributed by atoms with E-state index >= 15 is 0 Å². The third-order valence-corrected chi connectivity index (χ3v) is 2.92. The van der Waals surface area contributed by atoms with Crippen molar-refractivity contribution in [3.8, 4) is 11.6 Å². The molecule has 0 saturated heterocycles. The lowest BCUT2D eigenvalue weighted by atomic mass is 10.2. The molecule has 1 heterocycles. The van der Waals surface area contributed by atoms with Crippen LogP contribution in [0.1, 0.15) is 24.6 Å². The first-order valence-electron chi connectivity index (χ1n) is 6.29. The van der Waals surface area contributed by atoms with Gasteiger partial charge in [-0.25, -0.2) is 9.07 Å². The number of aryl methyl sites for hydroxylation is 3. The number of halogens is 1. The van der Waals surface area contributed by atoms with Crippen LogP contribution in [-0.2, 0) is 6.54 Å². The van der Waals surface area contributed by atoms with Gasteiger partial charge in [-0.3, -0.25) is 0 Å². The molecule has 1 aromatic carbocycles. The second kappa shape index (κ2) is 5.30. The minimum Gasteiger partial charge on any atom is -0.437 e. The summed E-state index contributed by atoms with van der Waals surface area (Å²) in [6, 6.07) is 4.43. The number of nitrogen functional groups attached to an aromatic ring is 1. The van der Waals surface area contributed by atoms with Crippen LogP contribution >= 0.6 is 0 Å². The molecule has 2 aromatic rings. The zero-order chi connectivity index (χ0) is 14.0. The molecule has 0 spiro atoms. The maximum Gasteiger partial charge on any atom is 0.241 e. The Balaban J connectivity index is 2.39. The number of anilines is 1. The summed E-state index contributed by atoms with van der Waals surface area (Å²) in [6.07, 6.45) is 0.916. The smallest absolute Gasteiger partial charge is 0.241 e.